The summed E-state index contributed by atoms with van der Waals surface area (Å²) in [6, 6.07) is 15.9. The second-order valence-corrected chi connectivity index (χ2v) is 10.0. The maximum absolute atomic E-state index is 12.5. The molecule has 0 saturated heterocycles. The molecule has 0 fully saturated rings. The third-order valence-electron chi connectivity index (χ3n) is 5.07. The first-order chi connectivity index (χ1) is 17.7. The van der Waals surface area contributed by atoms with Crippen molar-refractivity contribution in [1.29, 1.82) is 0 Å². The Morgan fingerprint density at radius 2 is 1.86 bits per heavy atom. The minimum absolute atomic E-state index is 0.106. The van der Waals surface area contributed by atoms with E-state index in [9.17, 15) is 9.59 Å². The number of nitrogens with zero attached hydrogens (tertiary/aromatic N) is 1. The van der Waals surface area contributed by atoms with E-state index in [0.29, 0.717) is 22.6 Å². The van der Waals surface area contributed by atoms with Gasteiger partial charge in [0.2, 0.25) is 0 Å². The quantitative estimate of drug-likeness (QED) is 0.163. The molecule has 0 bridgehead atoms. The zero-order valence-corrected chi connectivity index (χ0v) is 23.5. The monoisotopic (exact) mass is 647 g/mol. The van der Waals surface area contributed by atoms with Crippen molar-refractivity contribution in [2.75, 3.05) is 19.0 Å². The van der Waals surface area contributed by atoms with Crippen LogP contribution in [-0.4, -0.2) is 31.7 Å². The highest BCUT2D eigenvalue weighted by Gasteiger charge is 2.16. The highest BCUT2D eigenvalue weighted by atomic mass is 79.9. The van der Waals surface area contributed by atoms with Crippen LogP contribution < -0.4 is 20.2 Å². The molecule has 4 aromatic rings. The molecule has 190 valence electrons. The zero-order valence-electron chi connectivity index (χ0n) is 19.6. The van der Waals surface area contributed by atoms with E-state index < -0.39 is 5.91 Å². The van der Waals surface area contributed by atoms with Crippen molar-refractivity contribution < 1.29 is 23.5 Å². The van der Waals surface area contributed by atoms with Crippen LogP contribution in [0, 0.1) is 6.92 Å². The predicted molar refractivity (Wildman–Crippen MR) is 150 cm³/mol. The molecule has 0 unspecified atom stereocenters. The van der Waals surface area contributed by atoms with Crippen molar-refractivity contribution in [2.45, 2.75) is 6.92 Å². The molecule has 1 aromatic heterocycles. The molecule has 0 aliphatic heterocycles. The Labute approximate surface area is 234 Å². The fraction of sp³-hybridized carbons (Fsp3) is 0.115. The molecule has 0 spiro atoms. The van der Waals surface area contributed by atoms with Crippen LogP contribution >= 0.6 is 43.5 Å². The van der Waals surface area contributed by atoms with Crippen molar-refractivity contribution in [3.63, 3.8) is 0 Å². The van der Waals surface area contributed by atoms with Gasteiger partial charge in [0.15, 0.2) is 23.9 Å². The number of benzene rings is 3. The first-order valence-electron chi connectivity index (χ1n) is 10.8. The van der Waals surface area contributed by atoms with Crippen LogP contribution in [0.5, 0.6) is 11.5 Å². The molecule has 0 atom stereocenters. The molecule has 3 aromatic carbocycles. The summed E-state index contributed by atoms with van der Waals surface area (Å²) in [4.78, 5) is 24.8. The number of aryl methyl sites for hydroxylation is 1. The molecule has 2 amide bonds. The van der Waals surface area contributed by atoms with E-state index in [0.717, 1.165) is 19.9 Å². The number of hydrogen-bond donors (Lipinski definition) is 2. The van der Waals surface area contributed by atoms with Crippen LogP contribution in [0.1, 0.15) is 21.7 Å². The average molecular weight is 650 g/mol. The van der Waals surface area contributed by atoms with Gasteiger partial charge in [0, 0.05) is 15.5 Å². The predicted octanol–water partition coefficient (Wildman–Crippen LogP) is 6.71. The van der Waals surface area contributed by atoms with Crippen molar-refractivity contribution in [3.8, 4) is 11.5 Å². The standard InChI is InChI=1S/C26H20Br2ClN3O5/c1-14-3-5-18(6-4-14)31-23(33)13-36-25-20(29)7-15(8-21(25)35-2)12-30-32-26(34)22-10-16-9-17(27)11-19(28)24(16)37-22/h3-12H,13H2,1-2H3,(H,31,33)(H,32,34)/b30-12-. The summed E-state index contributed by atoms with van der Waals surface area (Å²) in [5, 5.41) is 7.70. The number of rotatable bonds is 8. The van der Waals surface area contributed by atoms with Gasteiger partial charge >= 0.3 is 5.91 Å². The van der Waals surface area contributed by atoms with Gasteiger partial charge in [-0.1, -0.05) is 45.2 Å². The molecule has 1 heterocycles. The van der Waals surface area contributed by atoms with Crippen LogP contribution in [-0.2, 0) is 4.79 Å². The second-order valence-electron chi connectivity index (χ2n) is 7.85. The number of furan rings is 1. The zero-order chi connectivity index (χ0) is 26.5. The van der Waals surface area contributed by atoms with Crippen molar-refractivity contribution >= 4 is 78.1 Å². The molecule has 2 N–H and O–H groups in total. The van der Waals surface area contributed by atoms with Gasteiger partial charge in [0.1, 0.15) is 5.58 Å². The summed E-state index contributed by atoms with van der Waals surface area (Å²) < 4.78 is 18.2. The minimum atomic E-state index is -0.520. The summed E-state index contributed by atoms with van der Waals surface area (Å²) in [5.74, 6) is -0.248. The van der Waals surface area contributed by atoms with Crippen LogP contribution in [0.25, 0.3) is 11.0 Å². The average Bonchev–Trinajstić information content (AvgIpc) is 3.29. The molecule has 11 heteroatoms. The molecule has 0 saturated carbocycles. The molecule has 37 heavy (non-hydrogen) atoms. The largest absolute Gasteiger partial charge is 0.493 e. The number of carbonyl (C=O) groups excluding carboxylic acids is 2. The number of amides is 2. The Hall–Kier alpha value is -3.34. The van der Waals surface area contributed by atoms with E-state index >= 15 is 0 Å². The van der Waals surface area contributed by atoms with E-state index in [2.05, 4.69) is 47.7 Å². The van der Waals surface area contributed by atoms with E-state index in [-0.39, 0.29) is 29.0 Å². The maximum Gasteiger partial charge on any atom is 0.307 e. The van der Waals surface area contributed by atoms with Crippen molar-refractivity contribution in [1.82, 2.24) is 5.43 Å². The number of anilines is 1. The fourth-order valence-corrected chi connectivity index (χ4v) is 4.95. The van der Waals surface area contributed by atoms with E-state index in [1.54, 1.807) is 30.3 Å². The van der Waals surface area contributed by atoms with Gasteiger partial charge in [0.25, 0.3) is 5.91 Å². The maximum atomic E-state index is 12.5. The number of hydrogen-bond acceptors (Lipinski definition) is 6. The number of methoxy groups -OCH3 is 1. The molecular formula is C26H20Br2ClN3O5. The Balaban J connectivity index is 1.39. The lowest BCUT2D eigenvalue weighted by atomic mass is 10.2. The molecule has 0 aliphatic carbocycles. The van der Waals surface area contributed by atoms with Gasteiger partial charge in [0.05, 0.1) is 22.8 Å². The Bertz CT molecular complexity index is 1500. The summed E-state index contributed by atoms with van der Waals surface area (Å²) in [7, 11) is 1.45. The van der Waals surface area contributed by atoms with Crippen LogP contribution in [0.3, 0.4) is 0 Å². The molecule has 0 aliphatic rings. The lowest BCUT2D eigenvalue weighted by Crippen LogP contribution is -2.20. The van der Waals surface area contributed by atoms with Crippen molar-refractivity contribution in [2.24, 2.45) is 5.10 Å². The summed E-state index contributed by atoms with van der Waals surface area (Å²) in [5.41, 5.74) is 5.26. The van der Waals surface area contributed by atoms with Crippen LogP contribution in [0.15, 0.2) is 73.1 Å². The molecular weight excluding hydrogens is 630 g/mol. The number of halogens is 3. The Kier molecular flexibility index (Phi) is 8.52. The number of nitrogens with one attached hydrogen (secondary N) is 2. The van der Waals surface area contributed by atoms with Crippen LogP contribution in [0.4, 0.5) is 5.69 Å². The lowest BCUT2D eigenvalue weighted by Gasteiger charge is -2.13. The molecule has 8 nitrogen and oxygen atoms in total. The SMILES string of the molecule is COc1cc(/C=N\NC(=O)c2cc3cc(Br)cc(Br)c3o2)cc(Cl)c1OCC(=O)Nc1ccc(C)cc1. The number of carbonyl (C=O) groups is 2. The minimum Gasteiger partial charge on any atom is -0.493 e. The van der Waals surface area contributed by atoms with E-state index in [4.69, 9.17) is 25.5 Å². The van der Waals surface area contributed by atoms with Gasteiger partial charge < -0.3 is 19.2 Å². The first kappa shape index (κ1) is 26.7. The normalized spacial score (nSPS) is 11.1. The topological polar surface area (TPSA) is 102 Å². The molecule has 4 rings (SSSR count). The van der Waals surface area contributed by atoms with Gasteiger partial charge in [-0.15, -0.1) is 0 Å². The van der Waals surface area contributed by atoms with Gasteiger partial charge in [-0.3, -0.25) is 9.59 Å². The first-order valence-corrected chi connectivity index (χ1v) is 12.8. The summed E-state index contributed by atoms with van der Waals surface area (Å²) >= 11 is 13.2. The third kappa shape index (κ3) is 6.71. The number of fused-ring (bicyclic) bond motifs is 1. The van der Waals surface area contributed by atoms with Crippen molar-refractivity contribution in [3.05, 3.63) is 85.5 Å². The molecule has 0 radical (unpaired) electrons. The summed E-state index contributed by atoms with van der Waals surface area (Å²) in [6.45, 7) is 1.70. The highest BCUT2D eigenvalue weighted by Crippen LogP contribution is 2.36. The fourth-order valence-electron chi connectivity index (χ4n) is 3.33. The number of ether oxygens (including phenoxy) is 2. The highest BCUT2D eigenvalue weighted by molar-refractivity contribution is 9.11. The Morgan fingerprint density at radius 3 is 2.59 bits per heavy atom. The van der Waals surface area contributed by atoms with Crippen LogP contribution in [0.2, 0.25) is 5.02 Å². The van der Waals surface area contributed by atoms with Gasteiger partial charge in [-0.2, -0.15) is 5.10 Å². The number of hydrazone groups is 1. The second kappa shape index (κ2) is 11.8. The van der Waals surface area contributed by atoms with E-state index in [1.807, 2.05) is 31.2 Å². The lowest BCUT2D eigenvalue weighted by molar-refractivity contribution is -0.118. The van der Waals surface area contributed by atoms with Gasteiger partial charge in [-0.25, -0.2) is 5.43 Å². The Morgan fingerprint density at radius 1 is 1.11 bits per heavy atom. The summed E-state index contributed by atoms with van der Waals surface area (Å²) in [6.07, 6.45) is 1.40. The third-order valence-corrected chi connectivity index (χ3v) is 6.40. The van der Waals surface area contributed by atoms with E-state index in [1.165, 1.54) is 13.3 Å². The smallest absolute Gasteiger partial charge is 0.307 e. The van der Waals surface area contributed by atoms with Gasteiger partial charge in [-0.05, 0) is 70.9 Å².